The number of phenols is 1. The third-order valence-corrected chi connectivity index (χ3v) is 5.55. The van der Waals surface area contributed by atoms with Gasteiger partial charge in [0.15, 0.2) is 5.12 Å². The molecule has 0 aliphatic heterocycles. The van der Waals surface area contributed by atoms with Gasteiger partial charge in [-0.3, -0.25) is 4.79 Å². The first-order chi connectivity index (χ1) is 12.0. The summed E-state index contributed by atoms with van der Waals surface area (Å²) in [5.41, 5.74) is 2.35. The Morgan fingerprint density at radius 3 is 2.48 bits per heavy atom. The molecule has 130 valence electrons. The van der Waals surface area contributed by atoms with Crippen LogP contribution in [0.1, 0.15) is 30.4 Å². The molecular formula is C20H22N2O2S. The van der Waals surface area contributed by atoms with Crippen molar-refractivity contribution in [2.75, 3.05) is 0 Å². The summed E-state index contributed by atoms with van der Waals surface area (Å²) in [6, 6.07) is 13.5. The van der Waals surface area contributed by atoms with Gasteiger partial charge in [-0.1, -0.05) is 30.0 Å². The van der Waals surface area contributed by atoms with Gasteiger partial charge < -0.3 is 5.11 Å². The zero-order valence-corrected chi connectivity index (χ0v) is 15.3. The molecule has 0 heterocycles. The summed E-state index contributed by atoms with van der Waals surface area (Å²) in [4.78, 5) is 13.4. The Bertz CT molecular complexity index is 767. The number of hydrogen-bond donors (Lipinski definition) is 1. The number of azo groups is 1. The highest BCUT2D eigenvalue weighted by atomic mass is 32.2. The number of benzene rings is 2. The van der Waals surface area contributed by atoms with Gasteiger partial charge in [-0.25, -0.2) is 0 Å². The molecular weight excluding hydrogens is 332 g/mol. The Hall–Kier alpha value is -2.14. The molecule has 1 fully saturated rings. The second-order valence-electron chi connectivity index (χ2n) is 6.54. The molecule has 1 aliphatic carbocycles. The highest BCUT2D eigenvalue weighted by molar-refractivity contribution is 8.13. The first-order valence-corrected chi connectivity index (χ1v) is 9.32. The Morgan fingerprint density at radius 2 is 1.80 bits per heavy atom. The van der Waals surface area contributed by atoms with E-state index in [4.69, 9.17) is 0 Å². The Kier molecular flexibility index (Phi) is 5.53. The second-order valence-corrected chi connectivity index (χ2v) is 7.62. The minimum Gasteiger partial charge on any atom is -0.507 e. The summed E-state index contributed by atoms with van der Waals surface area (Å²) in [6.45, 7) is 3.71. The topological polar surface area (TPSA) is 62.0 Å². The highest BCUT2D eigenvalue weighted by Crippen LogP contribution is 2.35. The summed E-state index contributed by atoms with van der Waals surface area (Å²) in [6.07, 6.45) is 2.53. The van der Waals surface area contributed by atoms with Crippen molar-refractivity contribution < 1.29 is 9.90 Å². The number of thioether (sulfide) groups is 1. The minimum absolute atomic E-state index is 0.0532. The van der Waals surface area contributed by atoms with Crippen LogP contribution < -0.4 is 0 Å². The van der Waals surface area contributed by atoms with Gasteiger partial charge in [-0.2, -0.15) is 10.2 Å². The lowest BCUT2D eigenvalue weighted by molar-refractivity contribution is -0.114. The number of carbonyl (C=O) groups is 1. The lowest BCUT2D eigenvalue weighted by Crippen LogP contribution is -2.07. The van der Waals surface area contributed by atoms with Crippen LogP contribution in [-0.4, -0.2) is 16.3 Å². The maximum Gasteiger partial charge on any atom is 0.196 e. The average molecular weight is 354 g/mol. The van der Waals surface area contributed by atoms with Crippen molar-refractivity contribution >= 4 is 22.6 Å². The summed E-state index contributed by atoms with van der Waals surface area (Å²) in [7, 11) is 0. The summed E-state index contributed by atoms with van der Waals surface area (Å²) in [5, 5.41) is 18.8. The van der Waals surface area contributed by atoms with Gasteiger partial charge in [0.2, 0.25) is 0 Å². The van der Waals surface area contributed by atoms with E-state index in [9.17, 15) is 9.90 Å². The predicted molar refractivity (Wildman–Crippen MR) is 101 cm³/mol. The third-order valence-electron chi connectivity index (χ3n) is 4.51. The molecule has 0 amide bonds. The van der Waals surface area contributed by atoms with Gasteiger partial charge >= 0.3 is 0 Å². The lowest BCUT2D eigenvalue weighted by Gasteiger charge is -2.07. The maximum absolute atomic E-state index is 12.4. The highest BCUT2D eigenvalue weighted by Gasteiger charge is 2.30. The fourth-order valence-electron chi connectivity index (χ4n) is 3.10. The molecule has 2 unspecified atom stereocenters. The number of hydrogen-bond acceptors (Lipinski definition) is 5. The lowest BCUT2D eigenvalue weighted by atomic mass is 10.1. The molecule has 0 bridgehead atoms. The second kappa shape index (κ2) is 7.83. The number of carbonyl (C=O) groups excluding carboxylic acids is 1. The monoisotopic (exact) mass is 354 g/mol. The van der Waals surface area contributed by atoms with Crippen LogP contribution in [0.15, 0.2) is 57.6 Å². The molecule has 0 spiro atoms. The molecule has 4 nitrogen and oxygen atoms in total. The Balaban J connectivity index is 1.58. The van der Waals surface area contributed by atoms with Crippen LogP contribution in [0.3, 0.4) is 0 Å². The van der Waals surface area contributed by atoms with Crippen molar-refractivity contribution in [2.24, 2.45) is 16.1 Å². The van der Waals surface area contributed by atoms with Gasteiger partial charge in [0.25, 0.3) is 0 Å². The normalized spacial score (nSPS) is 20.2. The van der Waals surface area contributed by atoms with Gasteiger partial charge in [0.1, 0.15) is 5.75 Å². The van der Waals surface area contributed by atoms with Crippen LogP contribution >= 0.6 is 11.8 Å². The van der Waals surface area contributed by atoms with Gasteiger partial charge in [-0.05, 0) is 68.5 Å². The molecule has 5 heteroatoms. The fraction of sp³-hybridized carbons (Fsp3) is 0.350. The molecule has 2 aromatic rings. The zero-order valence-electron chi connectivity index (χ0n) is 14.5. The standard InChI is InChI=1S/C20H22N2O2S/c1-13-10-17(11-14(2)19(13)23)22-21-16-9-8-15(12-16)20(24)25-18-6-4-3-5-7-18/h3-7,10-11,15-16,23H,8-9,12H2,1-2H3. The van der Waals surface area contributed by atoms with Gasteiger partial charge in [0, 0.05) is 10.8 Å². The molecule has 2 aromatic carbocycles. The van der Waals surface area contributed by atoms with Crippen LogP contribution in [0.2, 0.25) is 0 Å². The number of aromatic hydroxyl groups is 1. The summed E-state index contributed by atoms with van der Waals surface area (Å²) < 4.78 is 0. The van der Waals surface area contributed by atoms with Gasteiger partial charge in [0.05, 0.1) is 11.7 Å². The van der Waals surface area contributed by atoms with E-state index in [1.807, 2.05) is 56.3 Å². The molecule has 2 atom stereocenters. The Labute approximate surface area is 152 Å². The van der Waals surface area contributed by atoms with E-state index in [1.54, 1.807) is 0 Å². The van der Waals surface area contributed by atoms with Crippen molar-refractivity contribution in [3.63, 3.8) is 0 Å². The summed E-state index contributed by atoms with van der Waals surface area (Å²) >= 11 is 1.32. The zero-order chi connectivity index (χ0) is 17.8. The predicted octanol–water partition coefficient (Wildman–Crippen LogP) is 5.58. The summed E-state index contributed by atoms with van der Waals surface area (Å²) in [5.74, 6) is 0.362. The van der Waals surface area contributed by atoms with Crippen molar-refractivity contribution in [3.8, 4) is 5.75 Å². The van der Waals surface area contributed by atoms with Crippen LogP contribution in [0.5, 0.6) is 5.75 Å². The number of phenolic OH excluding ortho intramolecular Hbond substituents is 1. The number of aryl methyl sites for hydroxylation is 2. The van der Waals surface area contributed by atoms with E-state index in [0.29, 0.717) is 5.75 Å². The third kappa shape index (κ3) is 4.48. The van der Waals surface area contributed by atoms with E-state index in [-0.39, 0.29) is 17.1 Å². The molecule has 1 saturated carbocycles. The van der Waals surface area contributed by atoms with Crippen molar-refractivity contribution in [2.45, 2.75) is 44.0 Å². The van der Waals surface area contributed by atoms with Gasteiger partial charge in [-0.15, -0.1) is 0 Å². The largest absolute Gasteiger partial charge is 0.507 e. The van der Waals surface area contributed by atoms with E-state index in [2.05, 4.69) is 10.2 Å². The molecule has 0 radical (unpaired) electrons. The van der Waals surface area contributed by atoms with Crippen LogP contribution in [-0.2, 0) is 4.79 Å². The molecule has 25 heavy (non-hydrogen) atoms. The first-order valence-electron chi connectivity index (χ1n) is 8.50. The number of rotatable bonds is 4. The van der Waals surface area contributed by atoms with Crippen LogP contribution in [0.25, 0.3) is 0 Å². The fourth-order valence-corrected chi connectivity index (χ4v) is 4.01. The molecule has 0 saturated heterocycles. The molecule has 1 aliphatic rings. The van der Waals surface area contributed by atoms with Crippen LogP contribution in [0.4, 0.5) is 5.69 Å². The van der Waals surface area contributed by atoms with E-state index in [1.165, 1.54) is 11.8 Å². The van der Waals surface area contributed by atoms with E-state index < -0.39 is 0 Å². The average Bonchev–Trinajstić information content (AvgIpc) is 3.08. The Morgan fingerprint density at radius 1 is 1.12 bits per heavy atom. The van der Waals surface area contributed by atoms with E-state index >= 15 is 0 Å². The molecule has 0 aromatic heterocycles. The maximum atomic E-state index is 12.4. The van der Waals surface area contributed by atoms with Crippen molar-refractivity contribution in [1.29, 1.82) is 0 Å². The smallest absolute Gasteiger partial charge is 0.196 e. The molecule has 1 N–H and O–H groups in total. The number of nitrogens with zero attached hydrogens (tertiary/aromatic N) is 2. The van der Waals surface area contributed by atoms with E-state index in [0.717, 1.165) is 41.0 Å². The minimum atomic E-state index is 0.0532. The molecule has 3 rings (SSSR count). The van der Waals surface area contributed by atoms with Crippen LogP contribution in [0, 0.1) is 19.8 Å². The first kappa shape index (κ1) is 17.7. The quantitative estimate of drug-likeness (QED) is 0.576. The van der Waals surface area contributed by atoms with Crippen molar-refractivity contribution in [3.05, 3.63) is 53.6 Å². The van der Waals surface area contributed by atoms with Crippen molar-refractivity contribution in [1.82, 2.24) is 0 Å². The SMILES string of the molecule is Cc1cc(N=NC2CCC(C(=O)Sc3ccccc3)C2)cc(C)c1O.